The largest absolute Gasteiger partial charge is 0.495 e. The van der Waals surface area contributed by atoms with Gasteiger partial charge in [-0.15, -0.1) is 22.7 Å². The zero-order valence-corrected chi connectivity index (χ0v) is 17.2. The molecule has 0 saturated heterocycles. The first-order valence-corrected chi connectivity index (χ1v) is 10.2. The maximum Gasteiger partial charge on any atom is 0.265 e. The second kappa shape index (κ2) is 7.26. The lowest BCUT2D eigenvalue weighted by Gasteiger charge is -2.14. The van der Waals surface area contributed by atoms with Crippen LogP contribution in [-0.2, 0) is 0 Å². The van der Waals surface area contributed by atoms with Gasteiger partial charge < -0.3 is 15.0 Å². The summed E-state index contributed by atoms with van der Waals surface area (Å²) >= 11 is 3.15. The Hall–Kier alpha value is -2.90. The molecule has 0 radical (unpaired) electrons. The molecule has 4 rings (SSSR count). The summed E-state index contributed by atoms with van der Waals surface area (Å²) in [4.78, 5) is 27.2. The third kappa shape index (κ3) is 3.23. The topological polar surface area (TPSA) is 58.6 Å². The van der Waals surface area contributed by atoms with E-state index in [9.17, 15) is 9.59 Å². The number of hydrogen-bond acceptors (Lipinski definition) is 5. The van der Waals surface area contributed by atoms with Gasteiger partial charge in [-0.05, 0) is 30.3 Å². The van der Waals surface area contributed by atoms with Crippen LogP contribution in [0.25, 0.3) is 19.5 Å². The summed E-state index contributed by atoms with van der Waals surface area (Å²) in [5, 5.41) is 4.06. The molecule has 5 nitrogen and oxygen atoms in total. The Morgan fingerprint density at radius 2 is 1.79 bits per heavy atom. The summed E-state index contributed by atoms with van der Waals surface area (Å²) in [5.74, 6) is 0.152. The highest BCUT2D eigenvalue weighted by atomic mass is 32.1. The summed E-state index contributed by atoms with van der Waals surface area (Å²) in [5.41, 5.74) is 0.959. The third-order valence-electron chi connectivity index (χ3n) is 4.37. The first kappa shape index (κ1) is 18.5. The van der Waals surface area contributed by atoms with Crippen molar-refractivity contribution in [3.8, 4) is 5.75 Å². The highest BCUT2D eigenvalue weighted by molar-refractivity contribution is 7.33. The Labute approximate surface area is 170 Å². The number of amides is 2. The fourth-order valence-electron chi connectivity index (χ4n) is 2.99. The van der Waals surface area contributed by atoms with Crippen LogP contribution >= 0.6 is 22.7 Å². The monoisotopic (exact) mass is 410 g/mol. The molecule has 0 aliphatic heterocycles. The maximum absolute atomic E-state index is 12.9. The van der Waals surface area contributed by atoms with E-state index in [1.807, 2.05) is 18.2 Å². The van der Waals surface area contributed by atoms with Gasteiger partial charge in [0.15, 0.2) is 0 Å². The smallest absolute Gasteiger partial charge is 0.265 e. The van der Waals surface area contributed by atoms with Gasteiger partial charge in [0.2, 0.25) is 0 Å². The number of methoxy groups -OCH3 is 1. The number of ether oxygens (including phenoxy) is 1. The molecule has 2 aromatic carbocycles. The van der Waals surface area contributed by atoms with Crippen LogP contribution in [-0.4, -0.2) is 37.9 Å². The van der Waals surface area contributed by atoms with Crippen molar-refractivity contribution in [2.45, 2.75) is 0 Å². The number of hydrogen-bond donors (Lipinski definition) is 1. The van der Waals surface area contributed by atoms with Gasteiger partial charge in [-0.3, -0.25) is 9.59 Å². The second-order valence-corrected chi connectivity index (χ2v) is 8.61. The molecule has 0 aliphatic rings. The molecule has 28 heavy (non-hydrogen) atoms. The fraction of sp³-hybridized carbons (Fsp3) is 0.143. The van der Waals surface area contributed by atoms with Gasteiger partial charge in [0, 0.05) is 34.4 Å². The summed E-state index contributed by atoms with van der Waals surface area (Å²) in [6.45, 7) is 0. The fourth-order valence-corrected chi connectivity index (χ4v) is 5.41. The summed E-state index contributed by atoms with van der Waals surface area (Å²) in [6.07, 6.45) is 0. The second-order valence-electron chi connectivity index (χ2n) is 6.47. The van der Waals surface area contributed by atoms with Gasteiger partial charge in [0.05, 0.1) is 22.4 Å². The van der Waals surface area contributed by atoms with E-state index in [4.69, 9.17) is 4.74 Å². The third-order valence-corrected chi connectivity index (χ3v) is 6.79. The van der Waals surface area contributed by atoms with Crippen LogP contribution in [0.5, 0.6) is 5.75 Å². The predicted molar refractivity (Wildman–Crippen MR) is 116 cm³/mol. The lowest BCUT2D eigenvalue weighted by atomic mass is 10.1. The molecule has 0 saturated carbocycles. The van der Waals surface area contributed by atoms with Gasteiger partial charge in [-0.1, -0.05) is 18.2 Å². The number of fused-ring (bicyclic) bond motifs is 3. The quantitative estimate of drug-likeness (QED) is 0.510. The van der Waals surface area contributed by atoms with E-state index < -0.39 is 0 Å². The molecular formula is C21H18N2O3S2. The predicted octanol–water partition coefficient (Wildman–Crippen LogP) is 5.08. The van der Waals surface area contributed by atoms with E-state index in [1.165, 1.54) is 33.4 Å². The first-order chi connectivity index (χ1) is 13.5. The van der Waals surface area contributed by atoms with E-state index in [0.29, 0.717) is 21.9 Å². The molecule has 4 aromatic rings. The number of thiophene rings is 2. The molecule has 7 heteroatoms. The lowest BCUT2D eigenvalue weighted by molar-refractivity contribution is 0.0827. The Morgan fingerprint density at radius 1 is 1.00 bits per heavy atom. The van der Waals surface area contributed by atoms with Crippen LogP contribution in [0.15, 0.2) is 48.5 Å². The zero-order valence-electron chi connectivity index (χ0n) is 15.6. The number of rotatable bonds is 4. The average molecular weight is 411 g/mol. The zero-order chi connectivity index (χ0) is 19.8. The average Bonchev–Trinajstić information content (AvgIpc) is 3.25. The number of benzene rings is 2. The minimum Gasteiger partial charge on any atom is -0.495 e. The van der Waals surface area contributed by atoms with Crippen molar-refractivity contribution >= 4 is 59.7 Å². The Morgan fingerprint density at radius 3 is 2.54 bits per heavy atom. The standard InChI is InChI=1S/C21H18N2O3S2/c1-23(2)21(25)12-8-9-15(26-3)14(10-12)22-20(24)18-11-17-19(28-18)13-6-4-5-7-16(13)27-17/h4-11H,1-3H3,(H,22,24). The van der Waals surface area contributed by atoms with E-state index in [2.05, 4.69) is 17.4 Å². The Kier molecular flexibility index (Phi) is 4.78. The molecular weight excluding hydrogens is 392 g/mol. The SMILES string of the molecule is COc1ccc(C(=O)N(C)C)cc1NC(=O)c1cc2sc3ccccc3c2s1. The van der Waals surface area contributed by atoms with Crippen molar-refractivity contribution in [2.75, 3.05) is 26.5 Å². The van der Waals surface area contributed by atoms with Crippen LogP contribution in [0.3, 0.4) is 0 Å². The molecule has 2 aromatic heterocycles. The van der Waals surface area contributed by atoms with Crippen LogP contribution in [0.2, 0.25) is 0 Å². The molecule has 0 aliphatic carbocycles. The molecule has 0 bridgehead atoms. The number of carbonyl (C=O) groups excluding carboxylic acids is 2. The van der Waals surface area contributed by atoms with Crippen LogP contribution in [0.1, 0.15) is 20.0 Å². The summed E-state index contributed by atoms with van der Waals surface area (Å²) in [6, 6.07) is 15.1. The minimum absolute atomic E-state index is 0.138. The van der Waals surface area contributed by atoms with Crippen molar-refractivity contribution in [3.05, 3.63) is 59.0 Å². The van der Waals surface area contributed by atoms with Crippen molar-refractivity contribution in [1.82, 2.24) is 4.90 Å². The Bertz CT molecular complexity index is 1210. The van der Waals surface area contributed by atoms with Gasteiger partial charge in [-0.25, -0.2) is 0 Å². The van der Waals surface area contributed by atoms with Crippen LogP contribution in [0.4, 0.5) is 5.69 Å². The van der Waals surface area contributed by atoms with E-state index in [-0.39, 0.29) is 11.8 Å². The minimum atomic E-state index is -0.217. The number of nitrogens with one attached hydrogen (secondary N) is 1. The van der Waals surface area contributed by atoms with Gasteiger partial charge in [0.25, 0.3) is 11.8 Å². The van der Waals surface area contributed by atoms with Crippen molar-refractivity contribution in [1.29, 1.82) is 0 Å². The van der Waals surface area contributed by atoms with E-state index in [1.54, 1.807) is 43.6 Å². The molecule has 2 heterocycles. The highest BCUT2D eigenvalue weighted by Crippen LogP contribution is 2.39. The van der Waals surface area contributed by atoms with Crippen molar-refractivity contribution in [2.24, 2.45) is 0 Å². The van der Waals surface area contributed by atoms with Gasteiger partial charge in [0.1, 0.15) is 5.75 Å². The maximum atomic E-state index is 12.9. The summed E-state index contributed by atoms with van der Waals surface area (Å²) in [7, 11) is 4.91. The van der Waals surface area contributed by atoms with Crippen LogP contribution in [0, 0.1) is 0 Å². The number of nitrogens with zero attached hydrogens (tertiary/aromatic N) is 1. The van der Waals surface area contributed by atoms with Crippen molar-refractivity contribution < 1.29 is 14.3 Å². The molecule has 142 valence electrons. The lowest BCUT2D eigenvalue weighted by Crippen LogP contribution is -2.22. The van der Waals surface area contributed by atoms with Crippen molar-refractivity contribution in [3.63, 3.8) is 0 Å². The normalized spacial score (nSPS) is 11.0. The highest BCUT2D eigenvalue weighted by Gasteiger charge is 2.17. The molecule has 0 spiro atoms. The molecule has 2 amide bonds. The van der Waals surface area contributed by atoms with E-state index >= 15 is 0 Å². The van der Waals surface area contributed by atoms with E-state index in [0.717, 1.165) is 9.40 Å². The van der Waals surface area contributed by atoms with Crippen LogP contribution < -0.4 is 10.1 Å². The van der Waals surface area contributed by atoms with Gasteiger partial charge in [-0.2, -0.15) is 0 Å². The first-order valence-electron chi connectivity index (χ1n) is 8.60. The molecule has 0 atom stereocenters. The molecule has 0 fully saturated rings. The summed E-state index contributed by atoms with van der Waals surface area (Å²) < 4.78 is 8.78. The molecule has 0 unspecified atom stereocenters. The Balaban J connectivity index is 1.66. The number of carbonyl (C=O) groups is 2. The number of anilines is 1. The molecule has 1 N–H and O–H groups in total. The van der Waals surface area contributed by atoms with Gasteiger partial charge >= 0.3 is 0 Å².